The van der Waals surface area contributed by atoms with Crippen molar-refractivity contribution in [1.82, 2.24) is 0 Å². The van der Waals surface area contributed by atoms with Crippen molar-refractivity contribution in [1.29, 1.82) is 0 Å². The maximum atomic E-state index is 11.2. The Morgan fingerprint density at radius 3 is 2.16 bits per heavy atom. The van der Waals surface area contributed by atoms with E-state index in [1.54, 1.807) is 61.5 Å². The van der Waals surface area contributed by atoms with Gasteiger partial charge in [0.2, 0.25) is 0 Å². The summed E-state index contributed by atoms with van der Waals surface area (Å²) in [7, 11) is 0. The average molecular weight is 344 g/mol. The highest BCUT2D eigenvalue weighted by Crippen LogP contribution is 2.18. The fourth-order valence-corrected chi connectivity index (χ4v) is 1.70. The average Bonchev–Trinajstić information content (AvgIpc) is 2.62. The van der Waals surface area contributed by atoms with E-state index in [2.05, 4.69) is 6.58 Å². The van der Waals surface area contributed by atoms with Crippen LogP contribution in [0.1, 0.15) is 24.2 Å². The zero-order valence-electron chi connectivity index (χ0n) is 13.8. The van der Waals surface area contributed by atoms with E-state index in [1.165, 1.54) is 0 Å². The Morgan fingerprint density at radius 2 is 1.64 bits per heavy atom. The maximum Gasteiger partial charge on any atom is 0.338 e. The van der Waals surface area contributed by atoms with Gasteiger partial charge in [-0.05, 0) is 18.6 Å². The minimum atomic E-state index is -1.41. The molecule has 2 aromatic rings. The summed E-state index contributed by atoms with van der Waals surface area (Å²) >= 11 is 0. The molecule has 0 heterocycles. The molecule has 0 saturated heterocycles. The molecule has 0 fully saturated rings. The van der Waals surface area contributed by atoms with Gasteiger partial charge >= 0.3 is 11.9 Å². The van der Waals surface area contributed by atoms with Gasteiger partial charge in [-0.2, -0.15) is 0 Å². The molecule has 1 unspecified atom stereocenters. The van der Waals surface area contributed by atoms with Crippen molar-refractivity contribution in [3.8, 4) is 5.75 Å². The molecule has 6 nitrogen and oxygen atoms in total. The summed E-state index contributed by atoms with van der Waals surface area (Å²) < 4.78 is 5.00. The first-order chi connectivity index (χ1) is 11.9. The number of rotatable bonds is 5. The Labute approximate surface area is 145 Å². The van der Waals surface area contributed by atoms with E-state index in [0.29, 0.717) is 22.4 Å². The molecule has 0 saturated carbocycles. The van der Waals surface area contributed by atoms with E-state index >= 15 is 0 Å². The monoisotopic (exact) mass is 344 g/mol. The van der Waals surface area contributed by atoms with Crippen molar-refractivity contribution in [3.05, 3.63) is 77.9 Å². The standard InChI is InChI=1S/C11H12O3.C8H8O3/c1-8(2)11(13)14-10-6-4-3-5-9(10)7-12;9-7(8(10)11)6-4-2-1-3-5-6/h3-6,12H,1,7H2,2H3;1-5,7,9H,(H,10,11). The number of carbonyl (C=O) groups excluding carboxylic acids is 1. The summed E-state index contributed by atoms with van der Waals surface area (Å²) in [6.45, 7) is 4.89. The number of benzene rings is 2. The van der Waals surface area contributed by atoms with Crippen LogP contribution >= 0.6 is 0 Å². The van der Waals surface area contributed by atoms with Crippen LogP contribution in [0.2, 0.25) is 0 Å². The topological polar surface area (TPSA) is 104 Å². The van der Waals surface area contributed by atoms with Gasteiger partial charge in [-0.25, -0.2) is 9.59 Å². The Morgan fingerprint density at radius 1 is 1.08 bits per heavy atom. The van der Waals surface area contributed by atoms with Gasteiger partial charge in [0.15, 0.2) is 6.10 Å². The maximum absolute atomic E-state index is 11.2. The molecule has 2 aromatic carbocycles. The van der Waals surface area contributed by atoms with Gasteiger partial charge < -0.3 is 20.1 Å². The number of carboxylic acid groups (broad SMARTS) is 1. The summed E-state index contributed by atoms with van der Waals surface area (Å²) in [5, 5.41) is 26.3. The molecule has 0 aliphatic rings. The molecule has 0 amide bonds. The Bertz CT molecular complexity index is 724. The summed E-state index contributed by atoms with van der Waals surface area (Å²) in [6, 6.07) is 15.1. The molecule has 1 atom stereocenters. The molecule has 25 heavy (non-hydrogen) atoms. The second-order valence-electron chi connectivity index (χ2n) is 5.09. The first-order valence-corrected chi connectivity index (χ1v) is 7.39. The van der Waals surface area contributed by atoms with E-state index in [-0.39, 0.29) is 6.61 Å². The van der Waals surface area contributed by atoms with Crippen molar-refractivity contribution < 1.29 is 29.6 Å². The van der Waals surface area contributed by atoms with Gasteiger partial charge in [-0.1, -0.05) is 55.1 Å². The lowest BCUT2D eigenvalue weighted by Gasteiger charge is -2.07. The molecule has 132 valence electrons. The van der Waals surface area contributed by atoms with E-state index < -0.39 is 18.0 Å². The number of para-hydroxylation sites is 1. The van der Waals surface area contributed by atoms with Gasteiger partial charge in [0.05, 0.1) is 6.61 Å². The highest BCUT2D eigenvalue weighted by Gasteiger charge is 2.14. The molecule has 6 heteroatoms. The van der Waals surface area contributed by atoms with Crippen molar-refractivity contribution in [2.75, 3.05) is 0 Å². The molecular weight excluding hydrogens is 324 g/mol. The number of aliphatic hydroxyl groups is 2. The molecule has 0 spiro atoms. The van der Waals surface area contributed by atoms with Gasteiger partial charge in [-0.3, -0.25) is 0 Å². The van der Waals surface area contributed by atoms with E-state index in [1.807, 2.05) is 0 Å². The molecule has 0 aliphatic carbocycles. The first kappa shape index (κ1) is 20.1. The number of hydrogen-bond acceptors (Lipinski definition) is 5. The lowest BCUT2D eigenvalue weighted by molar-refractivity contribution is -0.147. The second kappa shape index (κ2) is 10.0. The smallest absolute Gasteiger partial charge is 0.338 e. The van der Waals surface area contributed by atoms with E-state index in [9.17, 15) is 9.59 Å². The third kappa shape index (κ3) is 6.58. The lowest BCUT2D eigenvalue weighted by atomic mass is 10.1. The Balaban J connectivity index is 0.000000257. The summed E-state index contributed by atoms with van der Waals surface area (Å²) in [6.07, 6.45) is -1.41. The molecular formula is C19H20O6. The van der Waals surface area contributed by atoms with Crippen molar-refractivity contribution in [3.63, 3.8) is 0 Å². The van der Waals surface area contributed by atoms with Crippen LogP contribution in [-0.4, -0.2) is 27.3 Å². The number of aliphatic carboxylic acids is 1. The molecule has 0 aromatic heterocycles. The highest BCUT2D eigenvalue weighted by molar-refractivity contribution is 5.88. The van der Waals surface area contributed by atoms with Crippen LogP contribution in [0, 0.1) is 0 Å². The second-order valence-corrected chi connectivity index (χ2v) is 5.09. The normalized spacial score (nSPS) is 10.8. The highest BCUT2D eigenvalue weighted by atomic mass is 16.5. The summed E-state index contributed by atoms with van der Waals surface area (Å²) in [5.41, 5.74) is 1.32. The number of ether oxygens (including phenoxy) is 1. The van der Waals surface area contributed by atoms with Gasteiger partial charge in [0.25, 0.3) is 0 Å². The number of carboxylic acids is 1. The fourth-order valence-electron chi connectivity index (χ4n) is 1.70. The van der Waals surface area contributed by atoms with Crippen LogP contribution in [0.25, 0.3) is 0 Å². The molecule has 3 N–H and O–H groups in total. The van der Waals surface area contributed by atoms with Crippen molar-refractivity contribution in [2.24, 2.45) is 0 Å². The Kier molecular flexibility index (Phi) is 8.05. The molecule has 0 aliphatic heterocycles. The third-order valence-corrected chi connectivity index (χ3v) is 3.04. The fraction of sp³-hybridized carbons (Fsp3) is 0.158. The Hall–Kier alpha value is -2.96. The zero-order chi connectivity index (χ0) is 18.8. The lowest BCUT2D eigenvalue weighted by Crippen LogP contribution is -2.09. The number of aliphatic hydroxyl groups excluding tert-OH is 2. The van der Waals surface area contributed by atoms with Crippen LogP contribution in [0.15, 0.2) is 66.7 Å². The largest absolute Gasteiger partial charge is 0.479 e. The molecule has 0 bridgehead atoms. The summed E-state index contributed by atoms with van der Waals surface area (Å²) in [5.74, 6) is -1.33. The first-order valence-electron chi connectivity index (χ1n) is 7.39. The third-order valence-electron chi connectivity index (χ3n) is 3.04. The van der Waals surface area contributed by atoms with Crippen LogP contribution in [0.5, 0.6) is 5.75 Å². The zero-order valence-corrected chi connectivity index (χ0v) is 13.8. The molecule has 2 rings (SSSR count). The number of carbonyl (C=O) groups is 2. The van der Waals surface area contributed by atoms with Gasteiger partial charge in [-0.15, -0.1) is 0 Å². The van der Waals surface area contributed by atoms with Crippen LogP contribution in [0.3, 0.4) is 0 Å². The number of esters is 1. The predicted molar refractivity (Wildman–Crippen MR) is 91.9 cm³/mol. The van der Waals surface area contributed by atoms with Gasteiger partial charge in [0.1, 0.15) is 5.75 Å². The van der Waals surface area contributed by atoms with Crippen LogP contribution in [0.4, 0.5) is 0 Å². The molecule has 0 radical (unpaired) electrons. The number of hydrogen-bond donors (Lipinski definition) is 3. The predicted octanol–water partition coefficient (Wildman–Crippen LogP) is 2.47. The van der Waals surface area contributed by atoms with Crippen LogP contribution in [-0.2, 0) is 16.2 Å². The summed E-state index contributed by atoms with van der Waals surface area (Å²) in [4.78, 5) is 21.4. The van der Waals surface area contributed by atoms with Crippen LogP contribution < -0.4 is 4.74 Å². The van der Waals surface area contributed by atoms with Gasteiger partial charge in [0, 0.05) is 11.1 Å². The quantitative estimate of drug-likeness (QED) is 0.437. The van der Waals surface area contributed by atoms with E-state index in [4.69, 9.17) is 20.1 Å². The van der Waals surface area contributed by atoms with Crippen molar-refractivity contribution in [2.45, 2.75) is 19.6 Å². The minimum absolute atomic E-state index is 0.153. The van der Waals surface area contributed by atoms with Crippen molar-refractivity contribution >= 4 is 11.9 Å². The van der Waals surface area contributed by atoms with E-state index in [0.717, 1.165) is 0 Å². The minimum Gasteiger partial charge on any atom is -0.479 e. The SMILES string of the molecule is C=C(C)C(=O)Oc1ccccc1CO.O=C(O)C(O)c1ccccc1.